The van der Waals surface area contributed by atoms with Crippen molar-refractivity contribution in [1.82, 2.24) is 15.6 Å². The number of nitrogens with zero attached hydrogens (tertiary/aromatic N) is 2. The molecular formula is C19H17BrN4O3. The Bertz CT molecular complexity index is 985. The number of ether oxygens (including phenoxy) is 2. The highest BCUT2D eigenvalue weighted by molar-refractivity contribution is 9.10. The third-order valence-electron chi connectivity index (χ3n) is 3.74. The van der Waals surface area contributed by atoms with Gasteiger partial charge in [0.15, 0.2) is 0 Å². The first-order chi connectivity index (χ1) is 13.1. The maximum absolute atomic E-state index is 12.2. The van der Waals surface area contributed by atoms with Crippen LogP contribution >= 0.6 is 15.9 Å². The monoisotopic (exact) mass is 428 g/mol. The van der Waals surface area contributed by atoms with Gasteiger partial charge in [-0.15, -0.1) is 0 Å². The van der Waals surface area contributed by atoms with E-state index in [2.05, 4.69) is 36.7 Å². The number of hydrazone groups is 1. The lowest BCUT2D eigenvalue weighted by Crippen LogP contribution is -2.17. The van der Waals surface area contributed by atoms with E-state index in [1.165, 1.54) is 0 Å². The molecule has 2 aromatic carbocycles. The molecule has 3 rings (SSSR count). The van der Waals surface area contributed by atoms with Crippen molar-refractivity contribution < 1.29 is 14.3 Å². The number of benzene rings is 2. The van der Waals surface area contributed by atoms with E-state index in [4.69, 9.17) is 9.47 Å². The minimum atomic E-state index is -0.396. The number of halogens is 1. The predicted octanol–water partition coefficient (Wildman–Crippen LogP) is 3.62. The highest BCUT2D eigenvalue weighted by Crippen LogP contribution is 2.32. The van der Waals surface area contributed by atoms with Gasteiger partial charge in [-0.05, 0) is 35.9 Å². The molecule has 2 N–H and O–H groups in total. The molecule has 7 nitrogen and oxygen atoms in total. The third kappa shape index (κ3) is 4.53. The van der Waals surface area contributed by atoms with E-state index in [9.17, 15) is 4.79 Å². The lowest BCUT2D eigenvalue weighted by atomic mass is 10.1. The highest BCUT2D eigenvalue weighted by atomic mass is 79.9. The van der Waals surface area contributed by atoms with E-state index in [1.54, 1.807) is 38.6 Å². The van der Waals surface area contributed by atoms with Gasteiger partial charge in [0.05, 0.1) is 26.1 Å². The molecule has 1 heterocycles. The summed E-state index contributed by atoms with van der Waals surface area (Å²) in [5, 5.41) is 10.9. The SMILES string of the molecule is COc1ccc(-c2cc(C(=O)NN=Cc3cccc(Br)c3)[nH]n2)c(OC)c1. The number of hydrogen-bond acceptors (Lipinski definition) is 5. The van der Waals surface area contributed by atoms with E-state index in [0.717, 1.165) is 15.6 Å². The molecule has 27 heavy (non-hydrogen) atoms. The summed E-state index contributed by atoms with van der Waals surface area (Å²) in [6.07, 6.45) is 1.56. The molecule has 0 unspecified atom stereocenters. The smallest absolute Gasteiger partial charge is 0.289 e. The topological polar surface area (TPSA) is 88.6 Å². The van der Waals surface area contributed by atoms with E-state index in [0.29, 0.717) is 17.2 Å². The van der Waals surface area contributed by atoms with Crippen LogP contribution in [-0.2, 0) is 0 Å². The number of aromatic nitrogens is 2. The van der Waals surface area contributed by atoms with Gasteiger partial charge >= 0.3 is 0 Å². The Balaban J connectivity index is 1.73. The summed E-state index contributed by atoms with van der Waals surface area (Å²) >= 11 is 3.38. The molecule has 3 aromatic rings. The van der Waals surface area contributed by atoms with E-state index in [1.807, 2.05) is 30.3 Å². The van der Waals surface area contributed by atoms with Crippen LogP contribution in [0.2, 0.25) is 0 Å². The molecular weight excluding hydrogens is 412 g/mol. The molecule has 1 amide bonds. The fraction of sp³-hybridized carbons (Fsp3) is 0.105. The van der Waals surface area contributed by atoms with Crippen LogP contribution in [0.1, 0.15) is 16.1 Å². The van der Waals surface area contributed by atoms with Gasteiger partial charge in [-0.25, -0.2) is 5.43 Å². The second kappa shape index (κ2) is 8.50. The minimum absolute atomic E-state index is 0.286. The lowest BCUT2D eigenvalue weighted by Gasteiger charge is -2.08. The van der Waals surface area contributed by atoms with Gasteiger partial charge in [-0.3, -0.25) is 9.89 Å². The summed E-state index contributed by atoms with van der Waals surface area (Å²) < 4.78 is 11.5. The lowest BCUT2D eigenvalue weighted by molar-refractivity contribution is 0.0950. The molecule has 8 heteroatoms. The van der Waals surface area contributed by atoms with Crippen molar-refractivity contribution in [3.05, 3.63) is 64.3 Å². The van der Waals surface area contributed by atoms with Crippen LogP contribution in [0.5, 0.6) is 11.5 Å². The summed E-state index contributed by atoms with van der Waals surface area (Å²) in [4.78, 5) is 12.2. The first-order valence-electron chi connectivity index (χ1n) is 7.97. The summed E-state index contributed by atoms with van der Waals surface area (Å²) in [7, 11) is 3.15. The minimum Gasteiger partial charge on any atom is -0.497 e. The zero-order valence-electron chi connectivity index (χ0n) is 14.7. The van der Waals surface area contributed by atoms with Gasteiger partial charge in [0.2, 0.25) is 0 Å². The second-order valence-corrected chi connectivity index (χ2v) is 6.40. The number of aromatic amines is 1. The number of amides is 1. The van der Waals surface area contributed by atoms with Crippen molar-refractivity contribution in [3.8, 4) is 22.8 Å². The van der Waals surface area contributed by atoms with Crippen LogP contribution in [0.25, 0.3) is 11.3 Å². The van der Waals surface area contributed by atoms with Crippen molar-refractivity contribution in [1.29, 1.82) is 0 Å². The highest BCUT2D eigenvalue weighted by Gasteiger charge is 2.14. The first kappa shape index (κ1) is 18.7. The standard InChI is InChI=1S/C19H17BrN4O3/c1-26-14-6-7-15(18(9-14)27-2)16-10-17(23-22-16)19(25)24-21-11-12-4-3-5-13(20)8-12/h3-11H,1-2H3,(H,22,23)(H,24,25). The molecule has 0 aliphatic rings. The summed E-state index contributed by atoms with van der Waals surface area (Å²) in [6.45, 7) is 0. The van der Waals surface area contributed by atoms with E-state index in [-0.39, 0.29) is 5.69 Å². The van der Waals surface area contributed by atoms with Crippen molar-refractivity contribution >= 4 is 28.1 Å². The molecule has 0 fully saturated rings. The Kier molecular flexibility index (Phi) is 5.87. The average molecular weight is 429 g/mol. The zero-order chi connectivity index (χ0) is 19.2. The van der Waals surface area contributed by atoms with Crippen molar-refractivity contribution in [2.24, 2.45) is 5.10 Å². The Morgan fingerprint density at radius 2 is 2.04 bits per heavy atom. The quantitative estimate of drug-likeness (QED) is 0.463. The number of carbonyl (C=O) groups is 1. The van der Waals surface area contributed by atoms with Gasteiger partial charge < -0.3 is 9.47 Å². The Hall–Kier alpha value is -3.13. The molecule has 0 saturated heterocycles. The number of carbonyl (C=O) groups excluding carboxylic acids is 1. The molecule has 1 aromatic heterocycles. The van der Waals surface area contributed by atoms with Crippen LogP contribution in [0, 0.1) is 0 Å². The van der Waals surface area contributed by atoms with Crippen molar-refractivity contribution in [3.63, 3.8) is 0 Å². The van der Waals surface area contributed by atoms with E-state index < -0.39 is 5.91 Å². The van der Waals surface area contributed by atoms with E-state index >= 15 is 0 Å². The number of nitrogens with one attached hydrogen (secondary N) is 2. The molecule has 0 aliphatic heterocycles. The molecule has 0 aliphatic carbocycles. The maximum atomic E-state index is 12.2. The first-order valence-corrected chi connectivity index (χ1v) is 8.77. The number of methoxy groups -OCH3 is 2. The van der Waals surface area contributed by atoms with Crippen molar-refractivity contribution in [2.45, 2.75) is 0 Å². The molecule has 0 spiro atoms. The summed E-state index contributed by atoms with van der Waals surface area (Å²) in [6, 6.07) is 14.6. The number of H-pyrrole nitrogens is 1. The Morgan fingerprint density at radius 3 is 2.78 bits per heavy atom. The molecule has 138 valence electrons. The molecule has 0 atom stereocenters. The van der Waals surface area contributed by atoms with Crippen LogP contribution in [0.3, 0.4) is 0 Å². The van der Waals surface area contributed by atoms with Gasteiger partial charge in [-0.1, -0.05) is 28.1 Å². The Labute approximate surface area is 164 Å². The molecule has 0 bridgehead atoms. The second-order valence-electron chi connectivity index (χ2n) is 5.49. The zero-order valence-corrected chi connectivity index (χ0v) is 16.3. The molecule has 0 saturated carbocycles. The van der Waals surface area contributed by atoms with Gasteiger partial charge in [0, 0.05) is 16.1 Å². The predicted molar refractivity (Wildman–Crippen MR) is 106 cm³/mol. The molecule has 0 radical (unpaired) electrons. The van der Waals surface area contributed by atoms with Crippen molar-refractivity contribution in [2.75, 3.05) is 14.2 Å². The maximum Gasteiger partial charge on any atom is 0.289 e. The van der Waals surface area contributed by atoms with Crippen LogP contribution in [-0.4, -0.2) is 36.5 Å². The normalized spacial score (nSPS) is 10.8. The summed E-state index contributed by atoms with van der Waals surface area (Å²) in [5.74, 6) is 0.874. The van der Waals surface area contributed by atoms with Crippen LogP contribution in [0.4, 0.5) is 0 Å². The van der Waals surface area contributed by atoms with Gasteiger partial charge in [0.25, 0.3) is 5.91 Å². The largest absolute Gasteiger partial charge is 0.497 e. The third-order valence-corrected chi connectivity index (χ3v) is 4.23. The van der Waals surface area contributed by atoms with Crippen LogP contribution < -0.4 is 14.9 Å². The fourth-order valence-electron chi connectivity index (χ4n) is 2.40. The fourth-order valence-corrected chi connectivity index (χ4v) is 2.82. The number of rotatable bonds is 6. The summed E-state index contributed by atoms with van der Waals surface area (Å²) in [5.41, 5.74) is 4.94. The van der Waals surface area contributed by atoms with Crippen LogP contribution in [0.15, 0.2) is 58.1 Å². The van der Waals surface area contributed by atoms with Gasteiger partial charge in [0.1, 0.15) is 17.2 Å². The average Bonchev–Trinajstić information content (AvgIpc) is 3.17. The number of hydrogen-bond donors (Lipinski definition) is 2. The van der Waals surface area contributed by atoms with Gasteiger partial charge in [-0.2, -0.15) is 10.2 Å². The Morgan fingerprint density at radius 1 is 1.19 bits per heavy atom.